The summed E-state index contributed by atoms with van der Waals surface area (Å²) < 4.78 is 4.53. The predicted molar refractivity (Wildman–Crippen MR) is 42.5 cm³/mol. The Morgan fingerprint density at radius 3 is 2.73 bits per heavy atom. The maximum atomic E-state index is 10.8. The van der Waals surface area contributed by atoms with Crippen LogP contribution in [0.15, 0.2) is 0 Å². The van der Waals surface area contributed by atoms with E-state index in [0.29, 0.717) is 0 Å². The Balaban J connectivity index is 4.18. The summed E-state index contributed by atoms with van der Waals surface area (Å²) in [6, 6.07) is 1.65. The van der Waals surface area contributed by atoms with Crippen LogP contribution in [-0.2, 0) is 9.53 Å². The Bertz CT molecular complexity index is 209. The standard InChI is InChI=1S/C6H8N2O2S/c1-2-10-6(9)4(3-7)5(8)11/h4H,2H2,1H3,(H2,8,11). The number of rotatable bonds is 3. The number of carbonyl (C=O) groups is 1. The zero-order valence-corrected chi connectivity index (χ0v) is 6.85. The summed E-state index contributed by atoms with van der Waals surface area (Å²) in [6.45, 7) is 1.87. The molecule has 0 saturated carbocycles. The highest BCUT2D eigenvalue weighted by atomic mass is 32.1. The highest BCUT2D eigenvalue weighted by Gasteiger charge is 2.21. The average molecular weight is 172 g/mol. The average Bonchev–Trinajstić information content (AvgIpc) is 1.88. The number of hydrogen-bond acceptors (Lipinski definition) is 4. The lowest BCUT2D eigenvalue weighted by atomic mass is 10.2. The molecule has 0 heterocycles. The van der Waals surface area contributed by atoms with Crippen molar-refractivity contribution in [3.8, 4) is 6.07 Å². The van der Waals surface area contributed by atoms with Crippen LogP contribution in [0.1, 0.15) is 6.92 Å². The molecule has 0 aromatic carbocycles. The van der Waals surface area contributed by atoms with E-state index in [-0.39, 0.29) is 11.6 Å². The van der Waals surface area contributed by atoms with E-state index in [1.807, 2.05) is 0 Å². The molecular weight excluding hydrogens is 164 g/mol. The highest BCUT2D eigenvalue weighted by molar-refractivity contribution is 7.80. The third kappa shape index (κ3) is 2.96. The molecule has 2 N–H and O–H groups in total. The van der Waals surface area contributed by atoms with Gasteiger partial charge in [0.25, 0.3) is 0 Å². The van der Waals surface area contributed by atoms with Crippen LogP contribution in [0.25, 0.3) is 0 Å². The first-order valence-electron chi connectivity index (χ1n) is 2.99. The smallest absolute Gasteiger partial charge is 0.330 e. The van der Waals surface area contributed by atoms with Gasteiger partial charge in [-0.05, 0) is 6.92 Å². The number of esters is 1. The normalized spacial score (nSPS) is 11.3. The van der Waals surface area contributed by atoms with Gasteiger partial charge in [-0.2, -0.15) is 5.26 Å². The van der Waals surface area contributed by atoms with Crippen molar-refractivity contribution in [3.63, 3.8) is 0 Å². The van der Waals surface area contributed by atoms with Gasteiger partial charge in [0.15, 0.2) is 5.92 Å². The minimum atomic E-state index is -1.11. The molecule has 0 aliphatic heterocycles. The topological polar surface area (TPSA) is 76.1 Å². The summed E-state index contributed by atoms with van der Waals surface area (Å²) in [6.07, 6.45) is 0. The van der Waals surface area contributed by atoms with Crippen LogP contribution in [0, 0.1) is 17.2 Å². The molecule has 0 aliphatic carbocycles. The van der Waals surface area contributed by atoms with Gasteiger partial charge in [0.1, 0.15) is 4.99 Å². The summed E-state index contributed by atoms with van der Waals surface area (Å²) in [4.78, 5) is 10.7. The van der Waals surface area contributed by atoms with Gasteiger partial charge in [-0.25, -0.2) is 0 Å². The highest BCUT2D eigenvalue weighted by Crippen LogP contribution is 1.98. The van der Waals surface area contributed by atoms with Crippen molar-refractivity contribution in [3.05, 3.63) is 0 Å². The molecule has 1 atom stereocenters. The number of carbonyl (C=O) groups excluding carboxylic acids is 1. The first kappa shape index (κ1) is 9.85. The van der Waals surface area contributed by atoms with E-state index < -0.39 is 11.9 Å². The van der Waals surface area contributed by atoms with Gasteiger partial charge in [0.05, 0.1) is 12.7 Å². The van der Waals surface area contributed by atoms with E-state index in [4.69, 9.17) is 11.0 Å². The SMILES string of the molecule is CCOC(=O)C(C#N)C(N)=S. The molecule has 0 aliphatic rings. The minimum Gasteiger partial charge on any atom is -0.465 e. The number of nitrogens with zero attached hydrogens (tertiary/aromatic N) is 1. The molecule has 0 radical (unpaired) electrons. The van der Waals surface area contributed by atoms with Crippen LogP contribution in [0.3, 0.4) is 0 Å². The van der Waals surface area contributed by atoms with Gasteiger partial charge in [-0.3, -0.25) is 4.79 Å². The Morgan fingerprint density at radius 1 is 1.91 bits per heavy atom. The molecule has 0 aromatic rings. The first-order chi connectivity index (χ1) is 5.13. The lowest BCUT2D eigenvalue weighted by molar-refractivity contribution is -0.143. The molecule has 1 unspecified atom stereocenters. The van der Waals surface area contributed by atoms with Crippen molar-refractivity contribution < 1.29 is 9.53 Å². The van der Waals surface area contributed by atoms with E-state index in [2.05, 4.69) is 17.0 Å². The number of nitrogens with two attached hydrogens (primary N) is 1. The van der Waals surface area contributed by atoms with Crippen molar-refractivity contribution in [1.82, 2.24) is 0 Å². The van der Waals surface area contributed by atoms with Crippen LogP contribution in [0.5, 0.6) is 0 Å². The molecule has 4 nitrogen and oxygen atoms in total. The number of nitriles is 1. The molecule has 60 valence electrons. The number of thiocarbonyl (C=S) groups is 1. The first-order valence-corrected chi connectivity index (χ1v) is 3.39. The van der Waals surface area contributed by atoms with E-state index in [1.165, 1.54) is 0 Å². The molecular formula is C6H8N2O2S. The van der Waals surface area contributed by atoms with Gasteiger partial charge in [0, 0.05) is 0 Å². The van der Waals surface area contributed by atoms with Crippen molar-refractivity contribution in [2.45, 2.75) is 6.92 Å². The Kier molecular flexibility index (Phi) is 4.15. The third-order valence-corrected chi connectivity index (χ3v) is 1.17. The molecule has 0 spiro atoms. The summed E-state index contributed by atoms with van der Waals surface area (Å²) in [5, 5.41) is 8.38. The van der Waals surface area contributed by atoms with Crippen molar-refractivity contribution in [2.75, 3.05) is 6.61 Å². The summed E-state index contributed by atoms with van der Waals surface area (Å²) in [7, 11) is 0. The molecule has 11 heavy (non-hydrogen) atoms. The fourth-order valence-corrected chi connectivity index (χ4v) is 0.607. The van der Waals surface area contributed by atoms with E-state index in [9.17, 15) is 4.79 Å². The zero-order valence-electron chi connectivity index (χ0n) is 6.03. The van der Waals surface area contributed by atoms with Gasteiger partial charge in [-0.1, -0.05) is 12.2 Å². The second-order valence-electron chi connectivity index (χ2n) is 1.72. The van der Waals surface area contributed by atoms with Crippen LogP contribution < -0.4 is 5.73 Å². The van der Waals surface area contributed by atoms with E-state index in [1.54, 1.807) is 13.0 Å². The Labute approximate surface area is 69.9 Å². The maximum Gasteiger partial charge on any atom is 0.330 e. The molecule has 0 bridgehead atoms. The molecule has 0 fully saturated rings. The van der Waals surface area contributed by atoms with Crippen LogP contribution in [-0.4, -0.2) is 17.6 Å². The Morgan fingerprint density at radius 2 is 2.45 bits per heavy atom. The van der Waals surface area contributed by atoms with Gasteiger partial charge in [-0.15, -0.1) is 0 Å². The fourth-order valence-electron chi connectivity index (χ4n) is 0.458. The second kappa shape index (κ2) is 4.63. The van der Waals surface area contributed by atoms with Gasteiger partial charge >= 0.3 is 5.97 Å². The summed E-state index contributed by atoms with van der Waals surface area (Å²) in [5.41, 5.74) is 5.09. The van der Waals surface area contributed by atoms with Crippen LogP contribution >= 0.6 is 12.2 Å². The molecule has 0 amide bonds. The third-order valence-electron chi connectivity index (χ3n) is 0.936. The second-order valence-corrected chi connectivity index (χ2v) is 2.19. The quantitative estimate of drug-likeness (QED) is 0.478. The molecule has 0 rings (SSSR count). The summed E-state index contributed by atoms with van der Waals surface area (Å²) in [5.74, 6) is -1.78. The van der Waals surface area contributed by atoms with Crippen molar-refractivity contribution in [2.24, 2.45) is 11.7 Å². The number of hydrogen-bond donors (Lipinski definition) is 1. The van der Waals surface area contributed by atoms with Crippen LogP contribution in [0.2, 0.25) is 0 Å². The maximum absolute atomic E-state index is 10.8. The van der Waals surface area contributed by atoms with Gasteiger partial charge < -0.3 is 10.5 Å². The van der Waals surface area contributed by atoms with E-state index in [0.717, 1.165) is 0 Å². The largest absolute Gasteiger partial charge is 0.465 e. The van der Waals surface area contributed by atoms with Crippen molar-refractivity contribution in [1.29, 1.82) is 5.26 Å². The van der Waals surface area contributed by atoms with Gasteiger partial charge in [0.2, 0.25) is 0 Å². The van der Waals surface area contributed by atoms with E-state index >= 15 is 0 Å². The molecule has 0 saturated heterocycles. The van der Waals surface area contributed by atoms with Crippen molar-refractivity contribution >= 4 is 23.2 Å². The monoisotopic (exact) mass is 172 g/mol. The lowest BCUT2D eigenvalue weighted by Crippen LogP contribution is -2.28. The fraction of sp³-hybridized carbons (Fsp3) is 0.500. The minimum absolute atomic E-state index is 0.147. The number of ether oxygens (including phenoxy) is 1. The molecule has 5 heteroatoms. The zero-order chi connectivity index (χ0) is 8.85. The predicted octanol–water partition coefficient (Wildman–Crippen LogP) is -0.0246. The summed E-state index contributed by atoms with van der Waals surface area (Å²) >= 11 is 4.46. The molecule has 0 aromatic heterocycles. The van der Waals surface area contributed by atoms with Crippen LogP contribution in [0.4, 0.5) is 0 Å². The lowest BCUT2D eigenvalue weighted by Gasteiger charge is -2.04. The Hall–Kier alpha value is -1.15.